The summed E-state index contributed by atoms with van der Waals surface area (Å²) in [6.45, 7) is 0. The average Bonchev–Trinajstić information content (AvgIpc) is 2.85. The largest absolute Gasteiger partial charge is 0.397 e. The van der Waals surface area contributed by atoms with Crippen molar-refractivity contribution in [1.29, 1.82) is 0 Å². The monoisotopic (exact) mass is 249 g/mol. The van der Waals surface area contributed by atoms with Gasteiger partial charge in [0.15, 0.2) is 0 Å². The van der Waals surface area contributed by atoms with Gasteiger partial charge < -0.3 is 11.1 Å². The first-order chi connectivity index (χ1) is 8.58. The quantitative estimate of drug-likeness (QED) is 0.487. The summed E-state index contributed by atoms with van der Waals surface area (Å²) in [5.74, 6) is -0.0941. The summed E-state index contributed by atoms with van der Waals surface area (Å²) in [6.07, 6.45) is 3.87. The molecule has 0 unspecified atom stereocenters. The van der Waals surface area contributed by atoms with E-state index in [1.807, 2.05) is 0 Å². The van der Waals surface area contributed by atoms with Crippen LogP contribution in [0.3, 0.4) is 0 Å². The Bertz CT molecular complexity index is 481. The van der Waals surface area contributed by atoms with Crippen molar-refractivity contribution in [1.82, 2.24) is 0 Å². The number of nitrogens with one attached hydrogen (secondary N) is 1. The third-order valence-electron chi connectivity index (χ3n) is 3.23. The summed E-state index contributed by atoms with van der Waals surface area (Å²) in [4.78, 5) is 22.1. The molecule has 0 atom stereocenters. The second-order valence-electron chi connectivity index (χ2n) is 4.50. The Kier molecular flexibility index (Phi) is 3.45. The van der Waals surface area contributed by atoms with Gasteiger partial charge in [0.25, 0.3) is 5.69 Å². The number of benzene rings is 1. The van der Waals surface area contributed by atoms with E-state index in [4.69, 9.17) is 5.73 Å². The predicted octanol–water partition coefficient (Wildman–Crippen LogP) is 2.31. The number of nitrogens with two attached hydrogens (primary N) is 1. The van der Waals surface area contributed by atoms with Crippen molar-refractivity contribution in [3.05, 3.63) is 28.3 Å². The number of hydrogen-bond acceptors (Lipinski definition) is 4. The molecule has 1 aliphatic rings. The van der Waals surface area contributed by atoms with Crippen LogP contribution in [0.25, 0.3) is 0 Å². The highest BCUT2D eigenvalue weighted by atomic mass is 16.6. The number of hydrogen-bond donors (Lipinski definition) is 2. The van der Waals surface area contributed by atoms with Gasteiger partial charge in [-0.15, -0.1) is 0 Å². The van der Waals surface area contributed by atoms with Crippen LogP contribution in [0.4, 0.5) is 17.1 Å². The molecule has 6 heteroatoms. The number of anilines is 2. The first-order valence-corrected chi connectivity index (χ1v) is 5.92. The van der Waals surface area contributed by atoms with Crippen molar-refractivity contribution >= 4 is 23.0 Å². The van der Waals surface area contributed by atoms with E-state index in [9.17, 15) is 14.9 Å². The zero-order chi connectivity index (χ0) is 13.1. The van der Waals surface area contributed by atoms with Crippen LogP contribution in [0.15, 0.2) is 18.2 Å². The second kappa shape index (κ2) is 5.03. The Morgan fingerprint density at radius 1 is 1.39 bits per heavy atom. The number of nitro benzene ring substituents is 1. The molecule has 0 radical (unpaired) electrons. The first-order valence-electron chi connectivity index (χ1n) is 5.92. The smallest absolute Gasteiger partial charge is 0.271 e. The normalized spacial score (nSPS) is 15.6. The van der Waals surface area contributed by atoms with E-state index in [0.29, 0.717) is 11.4 Å². The molecule has 0 bridgehead atoms. The zero-order valence-corrected chi connectivity index (χ0v) is 9.89. The minimum atomic E-state index is -0.509. The maximum atomic E-state index is 11.9. The molecule has 1 aromatic carbocycles. The molecule has 0 heterocycles. The molecule has 1 fully saturated rings. The van der Waals surface area contributed by atoms with E-state index in [1.165, 1.54) is 18.2 Å². The van der Waals surface area contributed by atoms with Crippen LogP contribution in [-0.4, -0.2) is 10.8 Å². The molecule has 2 rings (SSSR count). The van der Waals surface area contributed by atoms with Crippen molar-refractivity contribution < 1.29 is 9.72 Å². The number of nitrogen functional groups attached to an aromatic ring is 1. The lowest BCUT2D eigenvalue weighted by Gasteiger charge is -2.11. The molecule has 18 heavy (non-hydrogen) atoms. The molecular weight excluding hydrogens is 234 g/mol. The third kappa shape index (κ3) is 2.58. The zero-order valence-electron chi connectivity index (χ0n) is 9.89. The van der Waals surface area contributed by atoms with E-state index in [-0.39, 0.29) is 17.5 Å². The summed E-state index contributed by atoms with van der Waals surface area (Å²) in [5.41, 5.74) is 6.28. The second-order valence-corrected chi connectivity index (χ2v) is 4.50. The summed E-state index contributed by atoms with van der Waals surface area (Å²) in [6, 6.07) is 4.05. The van der Waals surface area contributed by atoms with Gasteiger partial charge in [-0.2, -0.15) is 0 Å². The molecule has 1 aromatic rings. The Hall–Kier alpha value is -2.11. The third-order valence-corrected chi connectivity index (χ3v) is 3.23. The van der Waals surface area contributed by atoms with Crippen LogP contribution < -0.4 is 11.1 Å². The van der Waals surface area contributed by atoms with Gasteiger partial charge in [0.05, 0.1) is 16.3 Å². The van der Waals surface area contributed by atoms with Crippen LogP contribution in [0.5, 0.6) is 0 Å². The summed E-state index contributed by atoms with van der Waals surface area (Å²) in [7, 11) is 0. The Balaban J connectivity index is 2.14. The molecule has 3 N–H and O–H groups in total. The van der Waals surface area contributed by atoms with Crippen LogP contribution in [0.1, 0.15) is 25.7 Å². The standard InChI is InChI=1S/C12H15N3O3/c13-10-6-5-9(15(17)18)7-11(10)14-12(16)8-3-1-2-4-8/h5-8H,1-4,13H2,(H,14,16). The van der Waals surface area contributed by atoms with Gasteiger partial charge in [0.2, 0.25) is 5.91 Å². The molecule has 96 valence electrons. The molecule has 1 saturated carbocycles. The fourth-order valence-electron chi connectivity index (χ4n) is 2.19. The number of rotatable bonds is 3. The van der Waals surface area contributed by atoms with Crippen molar-refractivity contribution in [3.63, 3.8) is 0 Å². The van der Waals surface area contributed by atoms with Crippen molar-refractivity contribution in [2.45, 2.75) is 25.7 Å². The maximum Gasteiger partial charge on any atom is 0.271 e. The SMILES string of the molecule is Nc1ccc([N+](=O)[O-])cc1NC(=O)C1CCCC1. The van der Waals surface area contributed by atoms with E-state index in [2.05, 4.69) is 5.32 Å². The highest BCUT2D eigenvalue weighted by Gasteiger charge is 2.23. The molecule has 0 saturated heterocycles. The number of carbonyl (C=O) groups is 1. The average molecular weight is 249 g/mol. The van der Waals surface area contributed by atoms with Gasteiger partial charge in [0, 0.05) is 18.1 Å². The van der Waals surface area contributed by atoms with E-state index in [0.717, 1.165) is 25.7 Å². The van der Waals surface area contributed by atoms with Crippen molar-refractivity contribution in [2.24, 2.45) is 5.92 Å². The van der Waals surface area contributed by atoms with E-state index in [1.54, 1.807) is 0 Å². The summed E-state index contributed by atoms with van der Waals surface area (Å²) in [5, 5.41) is 13.3. The van der Waals surface area contributed by atoms with Gasteiger partial charge in [-0.3, -0.25) is 14.9 Å². The molecule has 0 aromatic heterocycles. The summed E-state index contributed by atoms with van der Waals surface area (Å²) < 4.78 is 0. The molecule has 6 nitrogen and oxygen atoms in total. The number of amides is 1. The van der Waals surface area contributed by atoms with Crippen LogP contribution in [-0.2, 0) is 4.79 Å². The van der Waals surface area contributed by atoms with Crippen LogP contribution in [0, 0.1) is 16.0 Å². The minimum Gasteiger partial charge on any atom is -0.397 e. The lowest BCUT2D eigenvalue weighted by Crippen LogP contribution is -2.21. The Morgan fingerprint density at radius 2 is 2.06 bits per heavy atom. The highest BCUT2D eigenvalue weighted by molar-refractivity contribution is 5.95. The Morgan fingerprint density at radius 3 is 2.67 bits per heavy atom. The fraction of sp³-hybridized carbons (Fsp3) is 0.417. The maximum absolute atomic E-state index is 11.9. The van der Waals surface area contributed by atoms with Gasteiger partial charge in [-0.05, 0) is 18.9 Å². The number of nitrogens with zero attached hydrogens (tertiary/aromatic N) is 1. The lowest BCUT2D eigenvalue weighted by atomic mass is 10.1. The van der Waals surface area contributed by atoms with Crippen molar-refractivity contribution in [2.75, 3.05) is 11.1 Å². The van der Waals surface area contributed by atoms with Gasteiger partial charge in [-0.1, -0.05) is 12.8 Å². The lowest BCUT2D eigenvalue weighted by molar-refractivity contribution is -0.384. The first kappa shape index (κ1) is 12.3. The van der Waals surface area contributed by atoms with Crippen LogP contribution >= 0.6 is 0 Å². The highest BCUT2D eigenvalue weighted by Crippen LogP contribution is 2.29. The van der Waals surface area contributed by atoms with Gasteiger partial charge in [0.1, 0.15) is 0 Å². The summed E-state index contributed by atoms with van der Waals surface area (Å²) >= 11 is 0. The number of carbonyl (C=O) groups excluding carboxylic acids is 1. The predicted molar refractivity (Wildman–Crippen MR) is 68.1 cm³/mol. The fourth-order valence-corrected chi connectivity index (χ4v) is 2.19. The van der Waals surface area contributed by atoms with Gasteiger partial charge >= 0.3 is 0 Å². The van der Waals surface area contributed by atoms with Gasteiger partial charge in [-0.25, -0.2) is 0 Å². The van der Waals surface area contributed by atoms with E-state index < -0.39 is 4.92 Å². The van der Waals surface area contributed by atoms with E-state index >= 15 is 0 Å². The number of nitro groups is 1. The Labute approximate surface area is 104 Å². The molecule has 1 amide bonds. The molecule has 0 aliphatic heterocycles. The molecule has 1 aliphatic carbocycles. The molecule has 0 spiro atoms. The topological polar surface area (TPSA) is 98.3 Å². The number of non-ortho nitro benzene ring substituents is 1. The minimum absolute atomic E-state index is 0.00339. The van der Waals surface area contributed by atoms with Crippen LogP contribution in [0.2, 0.25) is 0 Å². The van der Waals surface area contributed by atoms with Crippen molar-refractivity contribution in [3.8, 4) is 0 Å². The molecular formula is C12H15N3O3.